The summed E-state index contributed by atoms with van der Waals surface area (Å²) in [6.45, 7) is 5.02. The minimum Gasteiger partial charge on any atom is -0.438 e. The number of amides is 1. The third-order valence-electron chi connectivity index (χ3n) is 3.14. The van der Waals surface area contributed by atoms with E-state index in [9.17, 15) is 4.79 Å². The normalized spacial score (nSPS) is 11.9. The molecular formula is C16H19N3O2. The largest absolute Gasteiger partial charge is 0.438 e. The van der Waals surface area contributed by atoms with Gasteiger partial charge < -0.3 is 15.8 Å². The van der Waals surface area contributed by atoms with Crippen LogP contribution in [0.3, 0.4) is 0 Å². The quantitative estimate of drug-likeness (QED) is 0.855. The smallest absolute Gasteiger partial charge is 0.252 e. The Hall–Kier alpha value is -2.40. The molecule has 0 aliphatic rings. The predicted molar refractivity (Wildman–Crippen MR) is 81.4 cm³/mol. The molecule has 5 nitrogen and oxygen atoms in total. The van der Waals surface area contributed by atoms with Crippen LogP contribution in [0.4, 0.5) is 0 Å². The zero-order chi connectivity index (χ0) is 15.2. The van der Waals surface area contributed by atoms with E-state index in [2.05, 4.69) is 24.1 Å². The number of hydrogen-bond acceptors (Lipinski definition) is 4. The molecule has 0 aliphatic heterocycles. The fourth-order valence-electron chi connectivity index (χ4n) is 2.00. The highest BCUT2D eigenvalue weighted by molar-refractivity contribution is 5.95. The molecule has 1 aromatic carbocycles. The Bertz CT molecular complexity index is 611. The van der Waals surface area contributed by atoms with E-state index in [0.29, 0.717) is 17.2 Å². The van der Waals surface area contributed by atoms with Crippen LogP contribution in [0.2, 0.25) is 0 Å². The lowest BCUT2D eigenvalue weighted by Crippen LogP contribution is -2.17. The van der Waals surface area contributed by atoms with Crippen molar-refractivity contribution in [1.29, 1.82) is 0 Å². The summed E-state index contributed by atoms with van der Waals surface area (Å²) >= 11 is 0. The van der Waals surface area contributed by atoms with Gasteiger partial charge >= 0.3 is 0 Å². The summed E-state index contributed by atoms with van der Waals surface area (Å²) < 4.78 is 5.63. The molecule has 0 bridgehead atoms. The highest BCUT2D eigenvalue weighted by atomic mass is 16.5. The van der Waals surface area contributed by atoms with Crippen molar-refractivity contribution in [3.05, 3.63) is 53.7 Å². The number of hydrogen-bond donors (Lipinski definition) is 2. The Labute approximate surface area is 124 Å². The summed E-state index contributed by atoms with van der Waals surface area (Å²) in [6, 6.07) is 10.8. The van der Waals surface area contributed by atoms with Gasteiger partial charge in [-0.05, 0) is 31.2 Å². The molecule has 1 atom stereocenters. The predicted octanol–water partition coefficient (Wildman–Crippen LogP) is 2.64. The fourth-order valence-corrected chi connectivity index (χ4v) is 2.00. The summed E-state index contributed by atoms with van der Waals surface area (Å²) in [5.74, 6) is 0.309. The van der Waals surface area contributed by atoms with Gasteiger partial charge in [0, 0.05) is 18.3 Å². The molecule has 1 aromatic heterocycles. The molecule has 0 aliphatic carbocycles. The van der Waals surface area contributed by atoms with E-state index in [1.807, 2.05) is 6.07 Å². The van der Waals surface area contributed by atoms with Crippen molar-refractivity contribution in [2.75, 3.05) is 6.54 Å². The van der Waals surface area contributed by atoms with Crippen molar-refractivity contribution >= 4 is 5.91 Å². The molecule has 2 rings (SSSR count). The SMILES string of the molecule is CCNC(C)c1ccc(Oc2ccccc2C(N)=O)nc1. The monoisotopic (exact) mass is 285 g/mol. The molecule has 0 fully saturated rings. The lowest BCUT2D eigenvalue weighted by molar-refractivity contribution is 0.0998. The van der Waals surface area contributed by atoms with Gasteiger partial charge in [-0.1, -0.05) is 25.1 Å². The van der Waals surface area contributed by atoms with Crippen molar-refractivity contribution in [2.45, 2.75) is 19.9 Å². The van der Waals surface area contributed by atoms with E-state index in [4.69, 9.17) is 10.5 Å². The lowest BCUT2D eigenvalue weighted by Gasteiger charge is -2.13. The van der Waals surface area contributed by atoms with E-state index in [-0.39, 0.29) is 6.04 Å². The van der Waals surface area contributed by atoms with Crippen LogP contribution in [0.15, 0.2) is 42.6 Å². The number of primary amides is 1. The van der Waals surface area contributed by atoms with Gasteiger partial charge in [-0.15, -0.1) is 0 Å². The number of aromatic nitrogens is 1. The zero-order valence-corrected chi connectivity index (χ0v) is 12.2. The minimum absolute atomic E-state index is 0.231. The van der Waals surface area contributed by atoms with Gasteiger partial charge in [0.15, 0.2) is 0 Å². The molecule has 0 radical (unpaired) electrons. The maximum Gasteiger partial charge on any atom is 0.252 e. The van der Waals surface area contributed by atoms with Gasteiger partial charge in [0.25, 0.3) is 5.91 Å². The number of rotatable bonds is 6. The van der Waals surface area contributed by atoms with E-state index < -0.39 is 5.91 Å². The van der Waals surface area contributed by atoms with Gasteiger partial charge in [0.1, 0.15) is 5.75 Å². The molecule has 1 heterocycles. The minimum atomic E-state index is -0.525. The van der Waals surface area contributed by atoms with E-state index in [0.717, 1.165) is 12.1 Å². The fraction of sp³-hybridized carbons (Fsp3) is 0.250. The number of ether oxygens (including phenoxy) is 1. The average Bonchev–Trinajstić information content (AvgIpc) is 2.48. The van der Waals surface area contributed by atoms with Crippen LogP contribution < -0.4 is 15.8 Å². The van der Waals surface area contributed by atoms with Crippen molar-refractivity contribution < 1.29 is 9.53 Å². The maximum atomic E-state index is 11.3. The number of benzene rings is 1. The first kappa shape index (κ1) is 15.0. The Morgan fingerprint density at radius 1 is 1.33 bits per heavy atom. The zero-order valence-electron chi connectivity index (χ0n) is 12.2. The second-order valence-corrected chi connectivity index (χ2v) is 4.67. The molecule has 5 heteroatoms. The van der Waals surface area contributed by atoms with Crippen LogP contribution in [-0.2, 0) is 0 Å². The Morgan fingerprint density at radius 3 is 2.71 bits per heavy atom. The van der Waals surface area contributed by atoms with Crippen LogP contribution in [-0.4, -0.2) is 17.4 Å². The summed E-state index contributed by atoms with van der Waals surface area (Å²) in [5, 5.41) is 3.31. The highest BCUT2D eigenvalue weighted by Crippen LogP contribution is 2.24. The second-order valence-electron chi connectivity index (χ2n) is 4.67. The third-order valence-corrected chi connectivity index (χ3v) is 3.14. The molecule has 3 N–H and O–H groups in total. The molecule has 0 saturated carbocycles. The first-order valence-electron chi connectivity index (χ1n) is 6.87. The molecule has 21 heavy (non-hydrogen) atoms. The second kappa shape index (κ2) is 6.85. The number of pyridine rings is 1. The van der Waals surface area contributed by atoms with Crippen LogP contribution in [0, 0.1) is 0 Å². The molecule has 0 saturated heterocycles. The Morgan fingerprint density at radius 2 is 2.10 bits per heavy atom. The molecule has 1 unspecified atom stereocenters. The Kier molecular flexibility index (Phi) is 4.90. The van der Waals surface area contributed by atoms with Gasteiger partial charge in [0.05, 0.1) is 5.56 Å². The van der Waals surface area contributed by atoms with Gasteiger partial charge in [0.2, 0.25) is 5.88 Å². The topological polar surface area (TPSA) is 77.2 Å². The van der Waals surface area contributed by atoms with Crippen molar-refractivity contribution in [1.82, 2.24) is 10.3 Å². The molecule has 110 valence electrons. The van der Waals surface area contributed by atoms with Crippen molar-refractivity contribution in [3.8, 4) is 11.6 Å². The van der Waals surface area contributed by atoms with Crippen LogP contribution in [0.5, 0.6) is 11.6 Å². The number of nitrogens with one attached hydrogen (secondary N) is 1. The summed E-state index contributed by atoms with van der Waals surface area (Å²) in [5.41, 5.74) is 6.73. The molecule has 1 amide bonds. The summed E-state index contributed by atoms with van der Waals surface area (Å²) in [6.07, 6.45) is 1.76. The van der Waals surface area contributed by atoms with E-state index >= 15 is 0 Å². The lowest BCUT2D eigenvalue weighted by atomic mass is 10.1. The van der Waals surface area contributed by atoms with Crippen LogP contribution >= 0.6 is 0 Å². The standard InChI is InChI=1S/C16H19N3O2/c1-3-18-11(2)12-8-9-15(19-10-12)21-14-7-5-4-6-13(14)16(17)20/h4-11,18H,3H2,1-2H3,(H2,17,20). The highest BCUT2D eigenvalue weighted by Gasteiger charge is 2.10. The number of carbonyl (C=O) groups is 1. The maximum absolute atomic E-state index is 11.3. The first-order chi connectivity index (χ1) is 10.1. The van der Waals surface area contributed by atoms with Gasteiger partial charge in [-0.25, -0.2) is 4.98 Å². The molecule has 2 aromatic rings. The number of nitrogens with two attached hydrogens (primary N) is 1. The number of nitrogens with zero attached hydrogens (tertiary/aromatic N) is 1. The van der Waals surface area contributed by atoms with Gasteiger partial charge in [-0.2, -0.15) is 0 Å². The van der Waals surface area contributed by atoms with E-state index in [1.165, 1.54) is 0 Å². The van der Waals surface area contributed by atoms with Crippen LogP contribution in [0.25, 0.3) is 0 Å². The number of carbonyl (C=O) groups excluding carboxylic acids is 1. The van der Waals surface area contributed by atoms with E-state index in [1.54, 1.807) is 36.5 Å². The average molecular weight is 285 g/mol. The summed E-state index contributed by atoms with van der Waals surface area (Å²) in [7, 11) is 0. The van der Waals surface area contributed by atoms with Crippen molar-refractivity contribution in [2.24, 2.45) is 5.73 Å². The first-order valence-corrected chi connectivity index (χ1v) is 6.87. The number of para-hydroxylation sites is 1. The van der Waals surface area contributed by atoms with Crippen LogP contribution in [0.1, 0.15) is 35.8 Å². The van der Waals surface area contributed by atoms with Gasteiger partial charge in [-0.3, -0.25) is 4.79 Å². The molecule has 0 spiro atoms. The summed E-state index contributed by atoms with van der Waals surface area (Å²) in [4.78, 5) is 15.6. The Balaban J connectivity index is 2.16. The van der Waals surface area contributed by atoms with Crippen molar-refractivity contribution in [3.63, 3.8) is 0 Å². The molecular weight excluding hydrogens is 266 g/mol. The third kappa shape index (κ3) is 3.79.